The number of aromatic nitrogens is 3. The summed E-state index contributed by atoms with van der Waals surface area (Å²) in [6, 6.07) is 8.47. The van der Waals surface area contributed by atoms with Gasteiger partial charge in [0.25, 0.3) is 0 Å². The highest BCUT2D eigenvalue weighted by Crippen LogP contribution is 2.26. The van der Waals surface area contributed by atoms with Gasteiger partial charge in [0.05, 0.1) is 5.75 Å². The summed E-state index contributed by atoms with van der Waals surface area (Å²) in [5, 5.41) is 12.3. The average Bonchev–Trinajstić information content (AvgIpc) is 3.26. The number of hydrogen-bond donors (Lipinski definition) is 1. The standard InChI is InChI=1S/C17H20N4OS/c1-3-10-21-16(14-7-5-4-6-12(14)2)19-20-17(21)23-11-15(22)18-13-8-9-13/h3-7,13H,1,8-11H2,2H3,(H,18,22). The molecule has 0 radical (unpaired) electrons. The van der Waals surface area contributed by atoms with Crippen molar-refractivity contribution in [1.29, 1.82) is 0 Å². The Morgan fingerprint density at radius 2 is 2.22 bits per heavy atom. The van der Waals surface area contributed by atoms with Crippen molar-refractivity contribution in [3.8, 4) is 11.4 Å². The quantitative estimate of drug-likeness (QED) is 0.627. The maximum Gasteiger partial charge on any atom is 0.230 e. The van der Waals surface area contributed by atoms with Gasteiger partial charge >= 0.3 is 0 Å². The van der Waals surface area contributed by atoms with Crippen LogP contribution < -0.4 is 5.32 Å². The van der Waals surface area contributed by atoms with Gasteiger partial charge in [-0.05, 0) is 25.3 Å². The summed E-state index contributed by atoms with van der Waals surface area (Å²) < 4.78 is 2.00. The molecular formula is C17H20N4OS. The van der Waals surface area contributed by atoms with E-state index in [9.17, 15) is 4.79 Å². The molecule has 120 valence electrons. The van der Waals surface area contributed by atoms with Gasteiger partial charge < -0.3 is 5.32 Å². The molecule has 1 aliphatic rings. The molecule has 2 aromatic rings. The van der Waals surface area contributed by atoms with Crippen LogP contribution >= 0.6 is 11.8 Å². The second kappa shape index (κ2) is 7.00. The molecule has 3 rings (SSSR count). The van der Waals surface area contributed by atoms with Crippen molar-refractivity contribution in [2.75, 3.05) is 5.75 Å². The van der Waals surface area contributed by atoms with Crippen LogP contribution in [0.15, 0.2) is 42.1 Å². The second-order valence-corrected chi connectivity index (χ2v) is 6.59. The van der Waals surface area contributed by atoms with E-state index < -0.39 is 0 Å². The predicted octanol–water partition coefficient (Wildman–Crippen LogP) is 2.81. The zero-order valence-corrected chi connectivity index (χ0v) is 14.0. The predicted molar refractivity (Wildman–Crippen MR) is 92.3 cm³/mol. The van der Waals surface area contributed by atoms with E-state index in [1.807, 2.05) is 28.8 Å². The van der Waals surface area contributed by atoms with Crippen LogP contribution in [0.1, 0.15) is 18.4 Å². The van der Waals surface area contributed by atoms with Gasteiger partial charge in [0.1, 0.15) is 0 Å². The van der Waals surface area contributed by atoms with Crippen LogP contribution in [0.3, 0.4) is 0 Å². The molecule has 0 spiro atoms. The molecule has 0 atom stereocenters. The molecule has 1 N–H and O–H groups in total. The number of thioether (sulfide) groups is 1. The lowest BCUT2D eigenvalue weighted by atomic mass is 10.1. The van der Waals surface area contributed by atoms with Crippen LogP contribution in [0.4, 0.5) is 0 Å². The third-order valence-electron chi connectivity index (χ3n) is 3.69. The SMILES string of the molecule is C=CCn1c(SCC(=O)NC2CC2)nnc1-c1ccccc1C. The number of rotatable bonds is 7. The van der Waals surface area contributed by atoms with E-state index in [0.29, 0.717) is 18.3 Å². The van der Waals surface area contributed by atoms with E-state index in [0.717, 1.165) is 34.9 Å². The maximum atomic E-state index is 11.9. The van der Waals surface area contributed by atoms with E-state index in [1.165, 1.54) is 11.8 Å². The minimum Gasteiger partial charge on any atom is -0.353 e. The number of aryl methyl sites for hydroxylation is 1. The number of amides is 1. The van der Waals surface area contributed by atoms with Crippen molar-refractivity contribution in [1.82, 2.24) is 20.1 Å². The van der Waals surface area contributed by atoms with Gasteiger partial charge in [-0.3, -0.25) is 9.36 Å². The van der Waals surface area contributed by atoms with Crippen molar-refractivity contribution >= 4 is 17.7 Å². The number of carbonyl (C=O) groups is 1. The number of benzene rings is 1. The Balaban J connectivity index is 1.79. The monoisotopic (exact) mass is 328 g/mol. The second-order valence-electron chi connectivity index (χ2n) is 5.65. The molecule has 1 heterocycles. The number of hydrogen-bond acceptors (Lipinski definition) is 4. The van der Waals surface area contributed by atoms with Crippen LogP contribution in [-0.4, -0.2) is 32.5 Å². The number of carbonyl (C=O) groups excluding carboxylic acids is 1. The molecule has 0 aliphatic heterocycles. The minimum absolute atomic E-state index is 0.0584. The van der Waals surface area contributed by atoms with E-state index in [4.69, 9.17) is 0 Å². The fourth-order valence-corrected chi connectivity index (χ4v) is 3.10. The van der Waals surface area contributed by atoms with Gasteiger partial charge in [0, 0.05) is 18.2 Å². The van der Waals surface area contributed by atoms with Gasteiger partial charge in [-0.25, -0.2) is 0 Å². The van der Waals surface area contributed by atoms with E-state index >= 15 is 0 Å². The van der Waals surface area contributed by atoms with Gasteiger partial charge in [0.2, 0.25) is 5.91 Å². The van der Waals surface area contributed by atoms with Crippen molar-refractivity contribution in [3.63, 3.8) is 0 Å². The first-order valence-electron chi connectivity index (χ1n) is 7.71. The summed E-state index contributed by atoms with van der Waals surface area (Å²) in [4.78, 5) is 11.9. The van der Waals surface area contributed by atoms with Crippen LogP contribution in [0, 0.1) is 6.92 Å². The van der Waals surface area contributed by atoms with Crippen LogP contribution in [0.2, 0.25) is 0 Å². The van der Waals surface area contributed by atoms with Gasteiger partial charge in [-0.2, -0.15) is 0 Å². The summed E-state index contributed by atoms with van der Waals surface area (Å²) in [6.07, 6.45) is 4.01. The zero-order valence-electron chi connectivity index (χ0n) is 13.2. The smallest absolute Gasteiger partial charge is 0.230 e. The molecule has 0 bridgehead atoms. The summed E-state index contributed by atoms with van der Waals surface area (Å²) in [5.41, 5.74) is 2.20. The number of nitrogens with zero attached hydrogens (tertiary/aromatic N) is 3. The molecule has 5 nitrogen and oxygen atoms in total. The Labute approximate surface area is 140 Å². The molecule has 1 saturated carbocycles. The third kappa shape index (κ3) is 3.82. The fraction of sp³-hybridized carbons (Fsp3) is 0.353. The van der Waals surface area contributed by atoms with Crippen molar-refractivity contribution in [2.24, 2.45) is 0 Å². The summed E-state index contributed by atoms with van der Waals surface area (Å²) in [6.45, 7) is 6.48. The lowest BCUT2D eigenvalue weighted by Gasteiger charge is -2.09. The van der Waals surface area contributed by atoms with Crippen molar-refractivity contribution < 1.29 is 4.79 Å². The van der Waals surface area contributed by atoms with E-state index in [2.05, 4.69) is 35.1 Å². The Bertz CT molecular complexity index is 721. The van der Waals surface area contributed by atoms with Gasteiger partial charge in [-0.15, -0.1) is 16.8 Å². The first-order valence-corrected chi connectivity index (χ1v) is 8.70. The van der Waals surface area contributed by atoms with Crippen LogP contribution in [0.5, 0.6) is 0 Å². The Morgan fingerprint density at radius 3 is 2.91 bits per heavy atom. The first kappa shape index (κ1) is 15.8. The molecule has 0 saturated heterocycles. The van der Waals surface area contributed by atoms with Gasteiger partial charge in [-0.1, -0.05) is 42.1 Å². The topological polar surface area (TPSA) is 59.8 Å². The van der Waals surface area contributed by atoms with Gasteiger partial charge in [0.15, 0.2) is 11.0 Å². The summed E-state index contributed by atoms with van der Waals surface area (Å²) in [7, 11) is 0. The Hall–Kier alpha value is -2.08. The molecule has 23 heavy (non-hydrogen) atoms. The summed E-state index contributed by atoms with van der Waals surface area (Å²) >= 11 is 1.42. The Morgan fingerprint density at radius 1 is 1.43 bits per heavy atom. The maximum absolute atomic E-state index is 11.9. The average molecular weight is 328 g/mol. The lowest BCUT2D eigenvalue weighted by Crippen LogP contribution is -2.27. The summed E-state index contributed by atoms with van der Waals surface area (Å²) in [5.74, 6) is 1.23. The largest absolute Gasteiger partial charge is 0.353 e. The zero-order chi connectivity index (χ0) is 16.2. The molecular weight excluding hydrogens is 308 g/mol. The molecule has 1 aliphatic carbocycles. The molecule has 1 amide bonds. The number of nitrogens with one attached hydrogen (secondary N) is 1. The molecule has 1 aromatic heterocycles. The fourth-order valence-electron chi connectivity index (χ4n) is 2.34. The lowest BCUT2D eigenvalue weighted by molar-refractivity contribution is -0.118. The van der Waals surface area contributed by atoms with E-state index in [1.54, 1.807) is 0 Å². The van der Waals surface area contributed by atoms with Crippen LogP contribution in [-0.2, 0) is 11.3 Å². The van der Waals surface area contributed by atoms with Crippen LogP contribution in [0.25, 0.3) is 11.4 Å². The molecule has 0 unspecified atom stereocenters. The molecule has 1 fully saturated rings. The Kier molecular flexibility index (Phi) is 4.81. The minimum atomic E-state index is 0.0584. The van der Waals surface area contributed by atoms with E-state index in [-0.39, 0.29) is 5.91 Å². The van der Waals surface area contributed by atoms with Crippen molar-refractivity contribution in [2.45, 2.75) is 37.5 Å². The highest BCUT2D eigenvalue weighted by atomic mass is 32.2. The molecule has 6 heteroatoms. The first-order chi connectivity index (χ1) is 11.2. The number of allylic oxidation sites excluding steroid dienone is 1. The highest BCUT2D eigenvalue weighted by molar-refractivity contribution is 7.99. The molecule has 1 aromatic carbocycles. The highest BCUT2D eigenvalue weighted by Gasteiger charge is 2.23. The third-order valence-corrected chi connectivity index (χ3v) is 4.66. The van der Waals surface area contributed by atoms with Crippen molar-refractivity contribution in [3.05, 3.63) is 42.5 Å². The normalized spacial score (nSPS) is 13.8.